The van der Waals surface area contributed by atoms with Gasteiger partial charge in [-0.2, -0.15) is 0 Å². The number of carbonyl (C=O) groups excluding carboxylic acids is 1. The second kappa shape index (κ2) is 8.32. The van der Waals surface area contributed by atoms with E-state index in [1.165, 1.54) is 4.88 Å². The molecule has 1 heterocycles. The predicted octanol–water partition coefficient (Wildman–Crippen LogP) is 3.75. The molecule has 0 aliphatic carbocycles. The van der Waals surface area contributed by atoms with E-state index in [9.17, 15) is 4.79 Å². The number of nitrogens with zero attached hydrogens (tertiary/aromatic N) is 1. The van der Waals surface area contributed by atoms with Gasteiger partial charge in [0, 0.05) is 22.9 Å². The molecule has 0 saturated carbocycles. The van der Waals surface area contributed by atoms with Crippen molar-refractivity contribution in [1.29, 1.82) is 0 Å². The number of amides is 1. The van der Waals surface area contributed by atoms with Crippen LogP contribution in [0.3, 0.4) is 0 Å². The molecule has 0 spiro atoms. The maximum atomic E-state index is 12.1. The van der Waals surface area contributed by atoms with Gasteiger partial charge in [-0.1, -0.05) is 35.9 Å². The van der Waals surface area contributed by atoms with Crippen LogP contribution in [0.1, 0.15) is 22.9 Å². The van der Waals surface area contributed by atoms with Gasteiger partial charge < -0.3 is 10.2 Å². The van der Waals surface area contributed by atoms with Gasteiger partial charge in [0.25, 0.3) is 0 Å². The maximum Gasteiger partial charge on any atom is 0.220 e. The van der Waals surface area contributed by atoms with Crippen molar-refractivity contribution in [1.82, 2.24) is 10.2 Å². The summed E-state index contributed by atoms with van der Waals surface area (Å²) in [4.78, 5) is 15.4. The third-order valence-electron chi connectivity index (χ3n) is 3.57. The molecule has 1 unspecified atom stereocenters. The first kappa shape index (κ1) is 17.0. The number of rotatable bonds is 7. The minimum atomic E-state index is 0.0586. The fourth-order valence-electron chi connectivity index (χ4n) is 2.27. The van der Waals surface area contributed by atoms with E-state index in [0.29, 0.717) is 19.4 Å². The quantitative estimate of drug-likeness (QED) is 0.835. The molecule has 2 aromatic rings. The molecule has 0 bridgehead atoms. The van der Waals surface area contributed by atoms with Gasteiger partial charge in [-0.3, -0.25) is 4.79 Å². The van der Waals surface area contributed by atoms with E-state index in [2.05, 4.69) is 21.7 Å². The van der Waals surface area contributed by atoms with Gasteiger partial charge in [0.1, 0.15) is 0 Å². The number of hydrogen-bond donors (Lipinski definition) is 1. The van der Waals surface area contributed by atoms with E-state index < -0.39 is 0 Å². The van der Waals surface area contributed by atoms with Gasteiger partial charge in [-0.15, -0.1) is 11.3 Å². The summed E-state index contributed by atoms with van der Waals surface area (Å²) in [6, 6.07) is 12.0. The fourth-order valence-corrected chi connectivity index (χ4v) is 3.42. The second-order valence-electron chi connectivity index (χ2n) is 5.39. The van der Waals surface area contributed by atoms with E-state index in [1.807, 2.05) is 44.4 Å². The summed E-state index contributed by atoms with van der Waals surface area (Å²) in [6.45, 7) is 0.620. The molecule has 0 fully saturated rings. The number of likely N-dealkylation sites (N-methyl/N-ethyl adjacent to an activating group) is 1. The molecule has 2 rings (SSSR count). The Morgan fingerprint density at radius 1 is 1.27 bits per heavy atom. The molecular weight excluding hydrogens is 316 g/mol. The Labute approximate surface area is 140 Å². The Morgan fingerprint density at radius 3 is 2.68 bits per heavy atom. The molecule has 22 heavy (non-hydrogen) atoms. The van der Waals surface area contributed by atoms with Crippen molar-refractivity contribution in [2.24, 2.45) is 0 Å². The predicted molar refractivity (Wildman–Crippen MR) is 93.5 cm³/mol. The van der Waals surface area contributed by atoms with Crippen molar-refractivity contribution >= 4 is 28.8 Å². The van der Waals surface area contributed by atoms with E-state index in [4.69, 9.17) is 11.6 Å². The van der Waals surface area contributed by atoms with Crippen molar-refractivity contribution in [2.45, 2.75) is 18.9 Å². The van der Waals surface area contributed by atoms with Crippen molar-refractivity contribution in [3.05, 3.63) is 57.2 Å². The molecule has 1 amide bonds. The van der Waals surface area contributed by atoms with Gasteiger partial charge in [0.2, 0.25) is 5.91 Å². The summed E-state index contributed by atoms with van der Waals surface area (Å²) in [6.07, 6.45) is 1.12. The lowest BCUT2D eigenvalue weighted by atomic mass is 10.1. The average molecular weight is 337 g/mol. The number of aryl methyl sites for hydroxylation is 1. The van der Waals surface area contributed by atoms with E-state index in [-0.39, 0.29) is 11.9 Å². The third kappa shape index (κ3) is 4.83. The lowest BCUT2D eigenvalue weighted by molar-refractivity contribution is -0.121. The normalized spacial score (nSPS) is 12.4. The molecule has 1 aromatic carbocycles. The third-order valence-corrected chi connectivity index (χ3v) is 4.91. The number of hydrogen-bond acceptors (Lipinski definition) is 3. The highest BCUT2D eigenvalue weighted by Gasteiger charge is 2.16. The van der Waals surface area contributed by atoms with Crippen LogP contribution in [0.5, 0.6) is 0 Å². The van der Waals surface area contributed by atoms with Crippen LogP contribution in [0.25, 0.3) is 0 Å². The highest BCUT2D eigenvalue weighted by Crippen LogP contribution is 2.22. The lowest BCUT2D eigenvalue weighted by Gasteiger charge is -2.23. The van der Waals surface area contributed by atoms with Crippen LogP contribution < -0.4 is 5.32 Å². The van der Waals surface area contributed by atoms with E-state index in [0.717, 1.165) is 10.6 Å². The Morgan fingerprint density at radius 2 is 2.05 bits per heavy atom. The number of carbonyl (C=O) groups is 1. The van der Waals surface area contributed by atoms with Crippen molar-refractivity contribution in [3.8, 4) is 0 Å². The molecule has 0 aliphatic heterocycles. The Hall–Kier alpha value is -1.36. The minimum Gasteiger partial charge on any atom is -0.354 e. The first-order chi connectivity index (χ1) is 10.6. The van der Waals surface area contributed by atoms with Crippen molar-refractivity contribution in [3.63, 3.8) is 0 Å². The van der Waals surface area contributed by atoms with Gasteiger partial charge in [0.15, 0.2) is 0 Å². The first-order valence-corrected chi connectivity index (χ1v) is 8.53. The number of benzene rings is 1. The molecule has 0 saturated heterocycles. The molecule has 3 nitrogen and oxygen atoms in total. The largest absolute Gasteiger partial charge is 0.354 e. The van der Waals surface area contributed by atoms with Crippen LogP contribution in [-0.2, 0) is 11.2 Å². The summed E-state index contributed by atoms with van der Waals surface area (Å²) < 4.78 is 0. The molecule has 0 aliphatic rings. The first-order valence-electron chi connectivity index (χ1n) is 7.28. The summed E-state index contributed by atoms with van der Waals surface area (Å²) in [5.41, 5.74) is 1.02. The van der Waals surface area contributed by atoms with Crippen molar-refractivity contribution < 1.29 is 4.79 Å². The standard InChI is InChI=1S/C17H21ClN2OS/c1-20(2)15(16-8-5-11-22-16)12-19-17(21)10-9-13-6-3-4-7-14(13)18/h3-8,11,15H,9-10,12H2,1-2H3,(H,19,21). The molecule has 118 valence electrons. The lowest BCUT2D eigenvalue weighted by Crippen LogP contribution is -2.34. The zero-order valence-corrected chi connectivity index (χ0v) is 14.5. The summed E-state index contributed by atoms with van der Waals surface area (Å²) in [7, 11) is 4.06. The topological polar surface area (TPSA) is 32.3 Å². The van der Waals surface area contributed by atoms with Crippen LogP contribution in [0.2, 0.25) is 5.02 Å². The van der Waals surface area contributed by atoms with Gasteiger partial charge in [-0.05, 0) is 43.6 Å². The number of thiophene rings is 1. The van der Waals surface area contributed by atoms with E-state index in [1.54, 1.807) is 11.3 Å². The highest BCUT2D eigenvalue weighted by molar-refractivity contribution is 7.10. The van der Waals surface area contributed by atoms with Crippen molar-refractivity contribution in [2.75, 3.05) is 20.6 Å². The summed E-state index contributed by atoms with van der Waals surface area (Å²) in [5, 5.41) is 5.81. The summed E-state index contributed by atoms with van der Waals surface area (Å²) >= 11 is 7.82. The Balaban J connectivity index is 1.83. The molecule has 0 radical (unpaired) electrons. The SMILES string of the molecule is CN(C)C(CNC(=O)CCc1ccccc1Cl)c1cccs1. The monoisotopic (exact) mass is 336 g/mol. The van der Waals surface area contributed by atoms with Gasteiger partial charge in [0.05, 0.1) is 6.04 Å². The number of halogens is 1. The van der Waals surface area contributed by atoms with Crippen LogP contribution in [0.4, 0.5) is 0 Å². The smallest absolute Gasteiger partial charge is 0.220 e. The molecule has 1 aromatic heterocycles. The zero-order valence-electron chi connectivity index (χ0n) is 12.9. The molecule has 5 heteroatoms. The molecular formula is C17H21ClN2OS. The zero-order chi connectivity index (χ0) is 15.9. The second-order valence-corrected chi connectivity index (χ2v) is 6.78. The number of nitrogens with one attached hydrogen (secondary N) is 1. The average Bonchev–Trinajstić information content (AvgIpc) is 3.00. The maximum absolute atomic E-state index is 12.1. The van der Waals surface area contributed by atoms with Gasteiger partial charge >= 0.3 is 0 Å². The Kier molecular flexibility index (Phi) is 6.43. The Bertz CT molecular complexity index is 598. The highest BCUT2D eigenvalue weighted by atomic mass is 35.5. The van der Waals surface area contributed by atoms with Gasteiger partial charge in [-0.25, -0.2) is 0 Å². The fraction of sp³-hybridized carbons (Fsp3) is 0.353. The molecule has 1 atom stereocenters. The van der Waals surface area contributed by atoms with Crippen LogP contribution in [0, 0.1) is 0 Å². The van der Waals surface area contributed by atoms with Crippen LogP contribution in [0.15, 0.2) is 41.8 Å². The molecule has 1 N–H and O–H groups in total. The summed E-state index contributed by atoms with van der Waals surface area (Å²) in [5.74, 6) is 0.0586. The van der Waals surface area contributed by atoms with E-state index >= 15 is 0 Å². The minimum absolute atomic E-state index is 0.0586. The van der Waals surface area contributed by atoms with Crippen LogP contribution >= 0.6 is 22.9 Å². The van der Waals surface area contributed by atoms with Crippen LogP contribution in [-0.4, -0.2) is 31.4 Å².